The number of carbonyl (C=O) groups excluding carboxylic acids is 1. The molecule has 0 aliphatic heterocycles. The number of rotatable bonds is 6. The number of nitrogens with one attached hydrogen (secondary N) is 1. The van der Waals surface area contributed by atoms with Crippen molar-refractivity contribution in [1.29, 1.82) is 0 Å². The number of carbonyl (C=O) groups is 1. The van der Waals surface area contributed by atoms with Gasteiger partial charge in [0.2, 0.25) is 0 Å². The summed E-state index contributed by atoms with van der Waals surface area (Å²) >= 11 is 7.27. The van der Waals surface area contributed by atoms with Gasteiger partial charge in [-0.3, -0.25) is 0 Å². The van der Waals surface area contributed by atoms with Crippen LogP contribution in [0.1, 0.15) is 16.1 Å². The number of ether oxygens (including phenoxy) is 2. The lowest BCUT2D eigenvalue weighted by molar-refractivity contribution is 0.0468. The molecule has 8 heteroatoms. The maximum atomic E-state index is 12.1. The van der Waals surface area contributed by atoms with Gasteiger partial charge in [0.25, 0.3) is 0 Å². The van der Waals surface area contributed by atoms with Crippen molar-refractivity contribution in [3.63, 3.8) is 0 Å². The zero-order valence-electron chi connectivity index (χ0n) is 13.9. The molecule has 3 rings (SSSR count). The maximum absolute atomic E-state index is 12.1. The molecule has 0 bridgehead atoms. The molecule has 0 aliphatic rings. The minimum Gasteiger partial charge on any atom is -0.497 e. The van der Waals surface area contributed by atoms with Crippen LogP contribution in [0.25, 0.3) is 0 Å². The summed E-state index contributed by atoms with van der Waals surface area (Å²) < 4.78 is 10.4. The number of hydrogen-bond donors (Lipinski definition) is 2. The summed E-state index contributed by atoms with van der Waals surface area (Å²) in [6.07, 6.45) is 0. The number of thiazole rings is 1. The lowest BCUT2D eigenvalue weighted by Crippen LogP contribution is -2.06. The monoisotopic (exact) mass is 389 g/mol. The van der Waals surface area contributed by atoms with Gasteiger partial charge in [-0.1, -0.05) is 11.6 Å². The summed E-state index contributed by atoms with van der Waals surface area (Å²) in [4.78, 5) is 16.5. The van der Waals surface area contributed by atoms with E-state index in [4.69, 9.17) is 26.8 Å². The summed E-state index contributed by atoms with van der Waals surface area (Å²) in [5.41, 5.74) is 7.92. The Labute approximate surface area is 159 Å². The van der Waals surface area contributed by atoms with Crippen molar-refractivity contribution in [2.45, 2.75) is 6.61 Å². The number of halogens is 1. The van der Waals surface area contributed by atoms with Gasteiger partial charge in [-0.2, -0.15) is 0 Å². The summed E-state index contributed by atoms with van der Waals surface area (Å²) in [6, 6.07) is 12.1. The minimum absolute atomic E-state index is 0.0716. The minimum atomic E-state index is -0.481. The summed E-state index contributed by atoms with van der Waals surface area (Å²) in [6.45, 7) is 0.0716. The van der Waals surface area contributed by atoms with Crippen LogP contribution in [-0.4, -0.2) is 18.1 Å². The van der Waals surface area contributed by atoms with Crippen LogP contribution in [0.3, 0.4) is 0 Å². The van der Waals surface area contributed by atoms with Crippen LogP contribution in [-0.2, 0) is 11.3 Å². The van der Waals surface area contributed by atoms with Gasteiger partial charge in [-0.25, -0.2) is 9.78 Å². The fraction of sp³-hybridized carbons (Fsp3) is 0.111. The van der Waals surface area contributed by atoms with Crippen LogP contribution in [0, 0.1) is 0 Å². The lowest BCUT2D eigenvalue weighted by Gasteiger charge is -2.05. The van der Waals surface area contributed by atoms with E-state index < -0.39 is 5.97 Å². The Bertz CT molecular complexity index is 912. The topological polar surface area (TPSA) is 86.5 Å². The number of hydrogen-bond acceptors (Lipinski definition) is 7. The van der Waals surface area contributed by atoms with Crippen molar-refractivity contribution < 1.29 is 14.3 Å². The van der Waals surface area contributed by atoms with Gasteiger partial charge < -0.3 is 20.5 Å². The molecule has 1 heterocycles. The molecule has 3 aromatic rings. The summed E-state index contributed by atoms with van der Waals surface area (Å²) in [5, 5.41) is 6.12. The first-order valence-corrected chi connectivity index (χ1v) is 8.88. The van der Waals surface area contributed by atoms with E-state index in [1.54, 1.807) is 19.2 Å². The van der Waals surface area contributed by atoms with Gasteiger partial charge in [0.05, 0.1) is 29.1 Å². The largest absolute Gasteiger partial charge is 0.497 e. The number of anilines is 3. The maximum Gasteiger partial charge on any atom is 0.338 e. The first-order chi connectivity index (χ1) is 12.5. The number of esters is 1. The Morgan fingerprint density at radius 2 is 2.04 bits per heavy atom. The lowest BCUT2D eigenvalue weighted by atomic mass is 10.2. The number of benzene rings is 2. The Balaban J connectivity index is 1.57. The van der Waals surface area contributed by atoms with Crippen LogP contribution < -0.4 is 15.8 Å². The summed E-state index contributed by atoms with van der Waals surface area (Å²) in [7, 11) is 1.62. The standard InChI is InChI=1S/C18H16ClN3O3S/c1-24-14-5-3-12(4-6-14)21-18-22-13(10-26-18)9-25-17(23)11-2-7-15(19)16(20)8-11/h2-8,10H,9,20H2,1H3,(H,21,22). The Morgan fingerprint density at radius 1 is 1.27 bits per heavy atom. The molecule has 0 amide bonds. The third-order valence-corrected chi connectivity index (χ3v) is 4.63. The average molecular weight is 390 g/mol. The highest BCUT2D eigenvalue weighted by Gasteiger charge is 2.11. The van der Waals surface area contributed by atoms with Crippen LogP contribution in [0.5, 0.6) is 5.75 Å². The predicted octanol–water partition coefficient (Wildman–Crippen LogP) is 4.49. The van der Waals surface area contributed by atoms with Gasteiger partial charge in [0, 0.05) is 11.1 Å². The molecule has 0 aliphatic carbocycles. The van der Waals surface area contributed by atoms with Gasteiger partial charge in [0.15, 0.2) is 5.13 Å². The number of nitrogens with two attached hydrogens (primary N) is 1. The molecule has 0 saturated carbocycles. The second-order valence-corrected chi connectivity index (χ2v) is 6.58. The molecule has 0 spiro atoms. The molecule has 2 aromatic carbocycles. The van der Waals surface area contributed by atoms with Crippen molar-refractivity contribution in [2.75, 3.05) is 18.2 Å². The third kappa shape index (κ3) is 4.44. The highest BCUT2D eigenvalue weighted by molar-refractivity contribution is 7.13. The first-order valence-electron chi connectivity index (χ1n) is 7.63. The normalized spacial score (nSPS) is 10.4. The van der Waals surface area contributed by atoms with Crippen LogP contribution in [0.15, 0.2) is 47.8 Å². The fourth-order valence-electron chi connectivity index (χ4n) is 2.12. The molecule has 0 fully saturated rings. The zero-order chi connectivity index (χ0) is 18.5. The van der Waals surface area contributed by atoms with E-state index in [9.17, 15) is 4.79 Å². The molecular weight excluding hydrogens is 374 g/mol. The second-order valence-electron chi connectivity index (χ2n) is 5.31. The number of aromatic nitrogens is 1. The number of methoxy groups -OCH3 is 1. The summed E-state index contributed by atoms with van der Waals surface area (Å²) in [5.74, 6) is 0.302. The van der Waals surface area contributed by atoms with Crippen molar-refractivity contribution >= 4 is 45.4 Å². The molecule has 0 saturated heterocycles. The first kappa shape index (κ1) is 18.0. The van der Waals surface area contributed by atoms with Crippen molar-refractivity contribution in [3.8, 4) is 5.75 Å². The van der Waals surface area contributed by atoms with E-state index in [0.29, 0.717) is 27.1 Å². The Kier molecular flexibility index (Phi) is 5.60. The third-order valence-electron chi connectivity index (χ3n) is 3.48. The van der Waals surface area contributed by atoms with Gasteiger partial charge in [0.1, 0.15) is 12.4 Å². The molecule has 1 aromatic heterocycles. The molecule has 3 N–H and O–H groups in total. The van der Waals surface area contributed by atoms with E-state index in [-0.39, 0.29) is 6.61 Å². The highest BCUT2D eigenvalue weighted by atomic mass is 35.5. The van der Waals surface area contributed by atoms with Crippen molar-refractivity contribution in [3.05, 3.63) is 64.1 Å². The molecule has 6 nitrogen and oxygen atoms in total. The van der Waals surface area contributed by atoms with E-state index in [1.807, 2.05) is 29.6 Å². The van der Waals surface area contributed by atoms with Gasteiger partial charge in [-0.15, -0.1) is 11.3 Å². The highest BCUT2D eigenvalue weighted by Crippen LogP contribution is 2.24. The Hall–Kier alpha value is -2.77. The zero-order valence-corrected chi connectivity index (χ0v) is 15.4. The van der Waals surface area contributed by atoms with E-state index >= 15 is 0 Å². The van der Waals surface area contributed by atoms with E-state index in [2.05, 4.69) is 10.3 Å². The predicted molar refractivity (Wildman–Crippen MR) is 103 cm³/mol. The van der Waals surface area contributed by atoms with Crippen LogP contribution >= 0.6 is 22.9 Å². The molecule has 134 valence electrons. The molecule has 0 atom stereocenters. The van der Waals surface area contributed by atoms with Gasteiger partial charge in [-0.05, 0) is 42.5 Å². The van der Waals surface area contributed by atoms with E-state index in [0.717, 1.165) is 11.4 Å². The molecule has 26 heavy (non-hydrogen) atoms. The van der Waals surface area contributed by atoms with Crippen molar-refractivity contribution in [2.24, 2.45) is 0 Å². The Morgan fingerprint density at radius 3 is 2.73 bits per heavy atom. The smallest absolute Gasteiger partial charge is 0.338 e. The van der Waals surface area contributed by atoms with Crippen LogP contribution in [0.2, 0.25) is 5.02 Å². The molecule has 0 unspecified atom stereocenters. The quantitative estimate of drug-likeness (QED) is 0.477. The average Bonchev–Trinajstić information content (AvgIpc) is 3.10. The SMILES string of the molecule is COc1ccc(Nc2nc(COC(=O)c3ccc(Cl)c(N)c3)cs2)cc1. The number of nitrogens with zero attached hydrogens (tertiary/aromatic N) is 1. The second kappa shape index (κ2) is 8.07. The number of nitrogen functional groups attached to an aromatic ring is 1. The molecule has 0 radical (unpaired) electrons. The van der Waals surface area contributed by atoms with Gasteiger partial charge >= 0.3 is 5.97 Å². The van der Waals surface area contributed by atoms with Crippen LogP contribution in [0.4, 0.5) is 16.5 Å². The molecular formula is C18H16ClN3O3S. The van der Waals surface area contributed by atoms with E-state index in [1.165, 1.54) is 17.4 Å². The van der Waals surface area contributed by atoms with Crippen molar-refractivity contribution in [1.82, 2.24) is 4.98 Å². The fourth-order valence-corrected chi connectivity index (χ4v) is 2.95.